The van der Waals surface area contributed by atoms with Crippen molar-refractivity contribution in [1.82, 2.24) is 4.72 Å². The molecule has 0 aromatic heterocycles. The van der Waals surface area contributed by atoms with Gasteiger partial charge in [-0.2, -0.15) is 0 Å². The van der Waals surface area contributed by atoms with E-state index in [1.165, 1.54) is 7.11 Å². The molecule has 0 fully saturated rings. The molecule has 2 rings (SSSR count). The first-order chi connectivity index (χ1) is 13.3. The van der Waals surface area contributed by atoms with Gasteiger partial charge in [-0.25, -0.2) is 17.5 Å². The van der Waals surface area contributed by atoms with E-state index in [2.05, 4.69) is 4.72 Å². The second kappa shape index (κ2) is 9.95. The molecule has 150 valence electrons. The van der Waals surface area contributed by atoms with Gasteiger partial charge < -0.3 is 9.47 Å². The van der Waals surface area contributed by atoms with Gasteiger partial charge in [0.25, 0.3) is 0 Å². The highest BCUT2D eigenvalue weighted by molar-refractivity contribution is 7.89. The summed E-state index contributed by atoms with van der Waals surface area (Å²) in [5, 5.41) is 0. The number of methoxy groups -OCH3 is 1. The number of hydrogen-bond acceptors (Lipinski definition) is 6. The molecule has 0 atom stereocenters. The highest BCUT2D eigenvalue weighted by Gasteiger charge is 2.14. The van der Waals surface area contributed by atoms with E-state index in [0.29, 0.717) is 11.3 Å². The SMILES string of the molecule is COc1ccc(C(=O)COC(=O)CCCNS(=O)(=O)c2ccc(F)cc2)cc1. The smallest absolute Gasteiger partial charge is 0.306 e. The number of halogens is 1. The Morgan fingerprint density at radius 1 is 1.04 bits per heavy atom. The Balaban J connectivity index is 1.70. The molecular weight excluding hydrogens is 389 g/mol. The minimum Gasteiger partial charge on any atom is -0.497 e. The predicted molar refractivity (Wildman–Crippen MR) is 99.1 cm³/mol. The van der Waals surface area contributed by atoms with Gasteiger partial charge in [-0.05, 0) is 55.0 Å². The van der Waals surface area contributed by atoms with Crippen LogP contribution in [0.15, 0.2) is 53.4 Å². The summed E-state index contributed by atoms with van der Waals surface area (Å²) in [4.78, 5) is 23.6. The molecule has 0 saturated heterocycles. The Morgan fingerprint density at radius 3 is 2.29 bits per heavy atom. The number of esters is 1. The Bertz CT molecular complexity index is 910. The second-order valence-electron chi connectivity index (χ2n) is 5.77. The summed E-state index contributed by atoms with van der Waals surface area (Å²) in [6.07, 6.45) is 0.137. The predicted octanol–water partition coefficient (Wildman–Crippen LogP) is 2.32. The van der Waals surface area contributed by atoms with E-state index in [1.807, 2.05) is 0 Å². The van der Waals surface area contributed by atoms with Crippen molar-refractivity contribution < 1.29 is 31.9 Å². The second-order valence-corrected chi connectivity index (χ2v) is 7.53. The fourth-order valence-corrected chi connectivity index (χ4v) is 3.29. The van der Waals surface area contributed by atoms with Crippen molar-refractivity contribution in [1.29, 1.82) is 0 Å². The molecule has 7 nitrogen and oxygen atoms in total. The van der Waals surface area contributed by atoms with E-state index < -0.39 is 28.4 Å². The number of carbonyl (C=O) groups is 2. The van der Waals surface area contributed by atoms with Gasteiger partial charge in [0, 0.05) is 18.5 Å². The summed E-state index contributed by atoms with van der Waals surface area (Å²) < 4.78 is 49.1. The standard InChI is InChI=1S/C19H20FNO6S/c1-26-16-8-4-14(5-9-16)18(22)13-27-19(23)3-2-12-21-28(24,25)17-10-6-15(20)7-11-17/h4-11,21H,2-3,12-13H2,1H3. The van der Waals surface area contributed by atoms with Crippen LogP contribution in [0.1, 0.15) is 23.2 Å². The zero-order valence-corrected chi connectivity index (χ0v) is 16.0. The van der Waals surface area contributed by atoms with Gasteiger partial charge in [0.1, 0.15) is 11.6 Å². The lowest BCUT2D eigenvalue weighted by Gasteiger charge is -2.07. The van der Waals surface area contributed by atoms with Gasteiger partial charge in [0.05, 0.1) is 12.0 Å². The number of ether oxygens (including phenoxy) is 2. The molecule has 28 heavy (non-hydrogen) atoms. The van der Waals surface area contributed by atoms with Gasteiger partial charge >= 0.3 is 5.97 Å². The number of ketones is 1. The number of rotatable bonds is 10. The molecule has 0 amide bonds. The third-order valence-corrected chi connectivity index (χ3v) is 5.23. The van der Waals surface area contributed by atoms with Crippen LogP contribution in [0.2, 0.25) is 0 Å². The van der Waals surface area contributed by atoms with Gasteiger partial charge in [-0.15, -0.1) is 0 Å². The highest BCUT2D eigenvalue weighted by atomic mass is 32.2. The number of hydrogen-bond donors (Lipinski definition) is 1. The van der Waals surface area contributed by atoms with Crippen molar-refractivity contribution >= 4 is 21.8 Å². The topological polar surface area (TPSA) is 98.8 Å². The Morgan fingerprint density at radius 2 is 1.68 bits per heavy atom. The molecule has 0 aliphatic rings. The first kappa shape index (κ1) is 21.5. The largest absolute Gasteiger partial charge is 0.497 e. The minimum absolute atomic E-state index is 0.00123. The maximum absolute atomic E-state index is 12.8. The van der Waals surface area contributed by atoms with Crippen molar-refractivity contribution in [3.8, 4) is 5.75 Å². The van der Waals surface area contributed by atoms with Crippen LogP contribution in [0.3, 0.4) is 0 Å². The summed E-state index contributed by atoms with van der Waals surface area (Å²) in [7, 11) is -2.26. The molecule has 0 heterocycles. The third-order valence-electron chi connectivity index (χ3n) is 3.75. The van der Waals surface area contributed by atoms with Crippen LogP contribution in [0, 0.1) is 5.82 Å². The van der Waals surface area contributed by atoms with E-state index >= 15 is 0 Å². The van der Waals surface area contributed by atoms with Crippen LogP contribution >= 0.6 is 0 Å². The zero-order valence-electron chi connectivity index (χ0n) is 15.2. The van der Waals surface area contributed by atoms with Gasteiger partial charge in [-0.3, -0.25) is 9.59 Å². The zero-order chi connectivity index (χ0) is 20.6. The quantitative estimate of drug-likeness (QED) is 0.367. The van der Waals surface area contributed by atoms with Crippen molar-refractivity contribution in [3.63, 3.8) is 0 Å². The number of nitrogens with one attached hydrogen (secondary N) is 1. The number of Topliss-reactive ketones (excluding diaryl/α,β-unsaturated/α-hetero) is 1. The maximum atomic E-state index is 12.8. The van der Waals surface area contributed by atoms with Gasteiger partial charge in [-0.1, -0.05) is 0 Å². The van der Waals surface area contributed by atoms with Crippen LogP contribution < -0.4 is 9.46 Å². The Labute approximate surface area is 162 Å². The molecule has 9 heteroatoms. The van der Waals surface area contributed by atoms with Crippen molar-refractivity contribution in [2.75, 3.05) is 20.3 Å². The van der Waals surface area contributed by atoms with Crippen molar-refractivity contribution in [3.05, 3.63) is 59.9 Å². The average molecular weight is 409 g/mol. The van der Waals surface area contributed by atoms with Crippen LogP contribution in [0.25, 0.3) is 0 Å². The van der Waals surface area contributed by atoms with Crippen LogP contribution in [-0.4, -0.2) is 40.4 Å². The van der Waals surface area contributed by atoms with Crippen molar-refractivity contribution in [2.24, 2.45) is 0 Å². The number of sulfonamides is 1. The van der Waals surface area contributed by atoms with E-state index in [1.54, 1.807) is 24.3 Å². The summed E-state index contributed by atoms with van der Waals surface area (Å²) in [6.45, 7) is -0.395. The van der Waals surface area contributed by atoms with E-state index in [9.17, 15) is 22.4 Å². The minimum atomic E-state index is -3.78. The first-order valence-corrected chi connectivity index (χ1v) is 9.88. The van der Waals surface area contributed by atoms with Gasteiger partial charge in [0.15, 0.2) is 12.4 Å². The normalized spacial score (nSPS) is 11.1. The molecule has 2 aromatic carbocycles. The van der Waals surface area contributed by atoms with Gasteiger partial charge in [0.2, 0.25) is 10.0 Å². The molecule has 0 spiro atoms. The molecule has 0 radical (unpaired) electrons. The lowest BCUT2D eigenvalue weighted by molar-refractivity contribution is -0.142. The molecule has 0 aliphatic heterocycles. The molecule has 0 aliphatic carbocycles. The van der Waals surface area contributed by atoms with Crippen LogP contribution in [-0.2, 0) is 19.6 Å². The molecule has 0 unspecified atom stereocenters. The monoisotopic (exact) mass is 409 g/mol. The Hall–Kier alpha value is -2.78. The average Bonchev–Trinajstić information content (AvgIpc) is 2.70. The van der Waals surface area contributed by atoms with E-state index in [0.717, 1.165) is 24.3 Å². The van der Waals surface area contributed by atoms with Crippen molar-refractivity contribution in [2.45, 2.75) is 17.7 Å². The fourth-order valence-electron chi connectivity index (χ4n) is 2.21. The fraction of sp³-hybridized carbons (Fsp3) is 0.263. The molecule has 2 aromatic rings. The van der Waals surface area contributed by atoms with E-state index in [4.69, 9.17) is 9.47 Å². The summed E-state index contributed by atoms with van der Waals surface area (Å²) in [6, 6.07) is 10.8. The third kappa shape index (κ3) is 6.43. The van der Waals surface area contributed by atoms with E-state index in [-0.39, 0.29) is 30.1 Å². The highest BCUT2D eigenvalue weighted by Crippen LogP contribution is 2.12. The summed E-state index contributed by atoms with van der Waals surface area (Å²) in [5.74, 6) is -0.890. The number of carbonyl (C=O) groups excluding carboxylic acids is 2. The summed E-state index contributed by atoms with van der Waals surface area (Å²) >= 11 is 0. The molecular formula is C19H20FNO6S. The first-order valence-electron chi connectivity index (χ1n) is 8.40. The number of benzene rings is 2. The van der Waals surface area contributed by atoms with Crippen LogP contribution in [0.5, 0.6) is 5.75 Å². The lowest BCUT2D eigenvalue weighted by Crippen LogP contribution is -2.25. The molecule has 0 saturated carbocycles. The maximum Gasteiger partial charge on any atom is 0.306 e. The summed E-state index contributed by atoms with van der Waals surface area (Å²) in [5.41, 5.74) is 0.389. The Kier molecular flexibility index (Phi) is 7.65. The molecule has 1 N–H and O–H groups in total. The van der Waals surface area contributed by atoms with Crippen LogP contribution in [0.4, 0.5) is 4.39 Å². The molecule has 0 bridgehead atoms. The lowest BCUT2D eigenvalue weighted by atomic mass is 10.1.